The van der Waals surface area contributed by atoms with Crippen LogP contribution in [0, 0.1) is 5.82 Å². The Labute approximate surface area is 160 Å². The summed E-state index contributed by atoms with van der Waals surface area (Å²) >= 11 is 0. The first-order chi connectivity index (χ1) is 13.2. The number of hydrogen-bond donors (Lipinski definition) is 1. The molecule has 1 saturated heterocycles. The first kappa shape index (κ1) is 19.4. The van der Waals surface area contributed by atoms with Gasteiger partial charge in [0.25, 0.3) is 5.91 Å². The van der Waals surface area contributed by atoms with Crippen LogP contribution in [0.3, 0.4) is 0 Å². The second-order valence-electron chi connectivity index (χ2n) is 6.96. The minimum absolute atomic E-state index is 0.103. The Morgan fingerprint density at radius 3 is 2.44 bits per heavy atom. The highest BCUT2D eigenvalue weighted by molar-refractivity contribution is 5.81. The van der Waals surface area contributed by atoms with Gasteiger partial charge in [-0.25, -0.2) is 4.39 Å². The van der Waals surface area contributed by atoms with Crippen molar-refractivity contribution in [3.63, 3.8) is 0 Å². The molecule has 1 heterocycles. The summed E-state index contributed by atoms with van der Waals surface area (Å²) in [5.74, 6) is -0.593. The second-order valence-corrected chi connectivity index (χ2v) is 6.96. The second kappa shape index (κ2) is 9.51. The third kappa shape index (κ3) is 5.54. The average molecular weight is 370 g/mol. The van der Waals surface area contributed by atoms with Crippen molar-refractivity contribution < 1.29 is 13.9 Å². The van der Waals surface area contributed by atoms with Crippen LogP contribution in [0.15, 0.2) is 48.5 Å². The van der Waals surface area contributed by atoms with Crippen molar-refractivity contribution >= 4 is 5.91 Å². The maximum Gasteiger partial charge on any atom is 0.261 e. The van der Waals surface area contributed by atoms with E-state index >= 15 is 0 Å². The summed E-state index contributed by atoms with van der Waals surface area (Å²) in [5.41, 5.74) is 2.33. The number of amides is 1. The van der Waals surface area contributed by atoms with E-state index in [1.807, 2.05) is 19.1 Å². The van der Waals surface area contributed by atoms with Crippen molar-refractivity contribution in [2.45, 2.75) is 45.4 Å². The van der Waals surface area contributed by atoms with E-state index in [0.717, 1.165) is 12.1 Å². The molecule has 27 heavy (non-hydrogen) atoms. The Kier molecular flexibility index (Phi) is 6.82. The van der Waals surface area contributed by atoms with Gasteiger partial charge in [-0.05, 0) is 55.6 Å². The van der Waals surface area contributed by atoms with E-state index in [1.54, 1.807) is 12.1 Å². The van der Waals surface area contributed by atoms with Gasteiger partial charge in [-0.2, -0.15) is 0 Å². The van der Waals surface area contributed by atoms with Gasteiger partial charge in [0.2, 0.25) is 0 Å². The third-order valence-corrected chi connectivity index (χ3v) is 4.86. The molecule has 1 aliphatic rings. The number of nitrogens with one attached hydrogen (secondary N) is 1. The van der Waals surface area contributed by atoms with Gasteiger partial charge in [0.1, 0.15) is 0 Å². The molecular weight excluding hydrogens is 343 g/mol. The predicted molar refractivity (Wildman–Crippen MR) is 104 cm³/mol. The van der Waals surface area contributed by atoms with Crippen LogP contribution in [0.2, 0.25) is 0 Å². The van der Waals surface area contributed by atoms with E-state index in [4.69, 9.17) is 4.74 Å². The molecule has 4 nitrogen and oxygen atoms in total. The van der Waals surface area contributed by atoms with Gasteiger partial charge in [-0.1, -0.05) is 43.3 Å². The van der Waals surface area contributed by atoms with E-state index in [-0.39, 0.29) is 11.7 Å². The lowest BCUT2D eigenvalue weighted by atomic mass is 10.1. The first-order valence-corrected chi connectivity index (χ1v) is 9.65. The molecule has 2 aromatic rings. The van der Waals surface area contributed by atoms with Crippen LogP contribution in [-0.2, 0) is 17.9 Å². The van der Waals surface area contributed by atoms with E-state index < -0.39 is 11.9 Å². The zero-order valence-corrected chi connectivity index (χ0v) is 15.8. The fourth-order valence-electron chi connectivity index (χ4n) is 3.28. The van der Waals surface area contributed by atoms with Crippen molar-refractivity contribution in [2.75, 3.05) is 13.1 Å². The predicted octanol–water partition coefficient (Wildman–Crippen LogP) is 3.90. The summed E-state index contributed by atoms with van der Waals surface area (Å²) in [6, 6.07) is 14.5. The Bertz CT molecular complexity index is 742. The number of nitrogens with zero attached hydrogens (tertiary/aromatic N) is 1. The van der Waals surface area contributed by atoms with Crippen molar-refractivity contribution in [1.82, 2.24) is 10.2 Å². The number of halogens is 1. The van der Waals surface area contributed by atoms with E-state index in [9.17, 15) is 9.18 Å². The number of likely N-dealkylation sites (tertiary alicyclic amines) is 1. The monoisotopic (exact) mass is 370 g/mol. The summed E-state index contributed by atoms with van der Waals surface area (Å²) in [4.78, 5) is 14.9. The molecule has 144 valence electrons. The minimum Gasteiger partial charge on any atom is -0.478 e. The van der Waals surface area contributed by atoms with E-state index in [0.29, 0.717) is 13.0 Å². The highest BCUT2D eigenvalue weighted by atomic mass is 19.1. The quantitative estimate of drug-likeness (QED) is 0.766. The van der Waals surface area contributed by atoms with Crippen molar-refractivity contribution in [3.8, 4) is 5.75 Å². The van der Waals surface area contributed by atoms with Crippen LogP contribution in [0.5, 0.6) is 5.75 Å². The largest absolute Gasteiger partial charge is 0.478 e. The molecule has 0 saturated carbocycles. The highest BCUT2D eigenvalue weighted by Gasteiger charge is 2.19. The SMILES string of the molecule is CCC(Oc1ccccc1F)C(=O)NCc1ccc(CN2CCCC2)cc1. The van der Waals surface area contributed by atoms with Gasteiger partial charge in [0.05, 0.1) is 0 Å². The molecular formula is C22H27FN2O2. The Morgan fingerprint density at radius 2 is 1.78 bits per heavy atom. The summed E-state index contributed by atoms with van der Waals surface area (Å²) in [7, 11) is 0. The van der Waals surface area contributed by atoms with Gasteiger partial charge >= 0.3 is 0 Å². The lowest BCUT2D eigenvalue weighted by Gasteiger charge is -2.18. The molecule has 1 aliphatic heterocycles. The number of carbonyl (C=O) groups is 1. The fourth-order valence-corrected chi connectivity index (χ4v) is 3.28. The van der Waals surface area contributed by atoms with E-state index in [1.165, 1.54) is 43.6 Å². The topological polar surface area (TPSA) is 41.6 Å². The summed E-state index contributed by atoms with van der Waals surface area (Å²) in [6.45, 7) is 5.62. The number of carbonyl (C=O) groups excluding carboxylic acids is 1. The molecule has 5 heteroatoms. The molecule has 0 aromatic heterocycles. The van der Waals surface area contributed by atoms with Crippen LogP contribution in [0.1, 0.15) is 37.3 Å². The Morgan fingerprint density at radius 1 is 1.11 bits per heavy atom. The number of hydrogen-bond acceptors (Lipinski definition) is 3. The number of ether oxygens (including phenoxy) is 1. The van der Waals surface area contributed by atoms with Crippen LogP contribution in [0.25, 0.3) is 0 Å². The van der Waals surface area contributed by atoms with Crippen LogP contribution in [0.4, 0.5) is 4.39 Å². The molecule has 1 atom stereocenters. The molecule has 1 fully saturated rings. The lowest BCUT2D eigenvalue weighted by molar-refractivity contribution is -0.128. The molecule has 1 amide bonds. The van der Waals surface area contributed by atoms with Gasteiger partial charge in [-0.15, -0.1) is 0 Å². The van der Waals surface area contributed by atoms with Crippen molar-refractivity contribution in [1.29, 1.82) is 0 Å². The molecule has 0 aliphatic carbocycles. The molecule has 3 rings (SSSR count). The smallest absolute Gasteiger partial charge is 0.261 e. The minimum atomic E-state index is -0.712. The van der Waals surface area contributed by atoms with Gasteiger partial charge in [-0.3, -0.25) is 9.69 Å². The molecule has 1 N–H and O–H groups in total. The van der Waals surface area contributed by atoms with Crippen LogP contribution >= 0.6 is 0 Å². The number of benzene rings is 2. The van der Waals surface area contributed by atoms with E-state index in [2.05, 4.69) is 22.3 Å². The van der Waals surface area contributed by atoms with Gasteiger partial charge in [0, 0.05) is 13.1 Å². The zero-order valence-electron chi connectivity index (χ0n) is 15.8. The van der Waals surface area contributed by atoms with Crippen molar-refractivity contribution in [3.05, 3.63) is 65.5 Å². The first-order valence-electron chi connectivity index (χ1n) is 9.65. The maximum absolute atomic E-state index is 13.7. The summed E-state index contributed by atoms with van der Waals surface area (Å²) in [6.07, 6.45) is 2.33. The molecule has 0 radical (unpaired) electrons. The fraction of sp³-hybridized carbons (Fsp3) is 0.409. The summed E-state index contributed by atoms with van der Waals surface area (Å²) < 4.78 is 19.3. The summed E-state index contributed by atoms with van der Waals surface area (Å²) in [5, 5.41) is 2.89. The Balaban J connectivity index is 1.50. The molecule has 2 aromatic carbocycles. The average Bonchev–Trinajstić information content (AvgIpc) is 3.19. The van der Waals surface area contributed by atoms with Crippen LogP contribution < -0.4 is 10.1 Å². The Hall–Kier alpha value is -2.40. The normalized spacial score (nSPS) is 15.5. The molecule has 0 spiro atoms. The standard InChI is InChI=1S/C22H27FN2O2/c1-2-20(27-21-8-4-3-7-19(21)23)22(26)24-15-17-9-11-18(12-10-17)16-25-13-5-6-14-25/h3-4,7-12,20H,2,5-6,13-16H2,1H3,(H,24,26). The van der Waals surface area contributed by atoms with Gasteiger partial charge < -0.3 is 10.1 Å². The number of para-hydroxylation sites is 1. The molecule has 0 bridgehead atoms. The van der Waals surface area contributed by atoms with Crippen LogP contribution in [-0.4, -0.2) is 30.0 Å². The highest BCUT2D eigenvalue weighted by Crippen LogP contribution is 2.18. The maximum atomic E-state index is 13.7. The van der Waals surface area contributed by atoms with Gasteiger partial charge in [0.15, 0.2) is 17.7 Å². The van der Waals surface area contributed by atoms with Crippen molar-refractivity contribution in [2.24, 2.45) is 0 Å². The number of rotatable bonds is 8. The third-order valence-electron chi connectivity index (χ3n) is 4.86. The lowest BCUT2D eigenvalue weighted by Crippen LogP contribution is -2.37. The zero-order chi connectivity index (χ0) is 19.1. The molecule has 1 unspecified atom stereocenters.